The third-order valence-electron chi connectivity index (χ3n) is 5.83. The second-order valence-electron chi connectivity index (χ2n) is 7.74. The van der Waals surface area contributed by atoms with E-state index < -0.39 is 5.92 Å². The summed E-state index contributed by atoms with van der Waals surface area (Å²) >= 11 is 0. The van der Waals surface area contributed by atoms with Crippen LogP contribution in [0.5, 0.6) is 0 Å². The zero-order chi connectivity index (χ0) is 19.3. The van der Waals surface area contributed by atoms with Gasteiger partial charge in [0.1, 0.15) is 11.6 Å². The van der Waals surface area contributed by atoms with E-state index in [1.807, 2.05) is 6.07 Å². The summed E-state index contributed by atoms with van der Waals surface area (Å²) in [6, 6.07) is 8.58. The topological polar surface area (TPSA) is 77.3 Å². The van der Waals surface area contributed by atoms with Crippen molar-refractivity contribution < 1.29 is 4.79 Å². The summed E-state index contributed by atoms with van der Waals surface area (Å²) in [5.41, 5.74) is 4.99. The van der Waals surface area contributed by atoms with Gasteiger partial charge in [-0.25, -0.2) is 0 Å². The summed E-state index contributed by atoms with van der Waals surface area (Å²) in [5, 5.41) is 15.5. The third kappa shape index (κ3) is 4.07. The number of piperidine rings is 1. The van der Waals surface area contributed by atoms with Crippen LogP contribution in [0.3, 0.4) is 0 Å². The van der Waals surface area contributed by atoms with Crippen molar-refractivity contribution in [1.29, 1.82) is 5.26 Å². The molecule has 0 aromatic heterocycles. The molecule has 2 N–H and O–H groups in total. The number of allylic oxidation sites excluding steroid dienone is 3. The molecule has 0 bridgehead atoms. The number of benzene rings is 1. The number of nitriles is 1. The normalized spacial score (nSPS) is 22.3. The van der Waals surface area contributed by atoms with E-state index in [4.69, 9.17) is 5.26 Å². The maximum absolute atomic E-state index is 12.7. The Morgan fingerprint density at radius 2 is 2.11 bits per heavy atom. The predicted octanol–water partition coefficient (Wildman–Crippen LogP) is 4.16. The Balaban J connectivity index is 1.62. The molecule has 28 heavy (non-hydrogen) atoms. The van der Waals surface area contributed by atoms with Crippen LogP contribution >= 0.6 is 0 Å². The molecule has 5 nitrogen and oxygen atoms in total. The first-order valence-corrected chi connectivity index (χ1v) is 10.3. The molecule has 1 aliphatic carbocycles. The summed E-state index contributed by atoms with van der Waals surface area (Å²) in [6.45, 7) is 2.13. The predicted molar refractivity (Wildman–Crippen MR) is 112 cm³/mol. The number of amides is 1. The average molecular weight is 374 g/mol. The minimum absolute atomic E-state index is 0.249. The fourth-order valence-electron chi connectivity index (χ4n) is 4.24. The summed E-state index contributed by atoms with van der Waals surface area (Å²) in [5.74, 6) is -0.0858. The second-order valence-corrected chi connectivity index (χ2v) is 7.74. The molecule has 0 spiro atoms. The molecule has 0 saturated carbocycles. The molecule has 1 unspecified atom stereocenters. The van der Waals surface area contributed by atoms with Crippen molar-refractivity contribution in [3.05, 3.63) is 47.2 Å². The quantitative estimate of drug-likeness (QED) is 0.831. The summed E-state index contributed by atoms with van der Waals surface area (Å²) in [6.07, 6.45) is 12.3. The van der Waals surface area contributed by atoms with E-state index in [0.29, 0.717) is 11.6 Å². The number of nitrogens with one attached hydrogen (secondary N) is 2. The first-order chi connectivity index (χ1) is 13.7. The lowest BCUT2D eigenvalue weighted by molar-refractivity contribution is -0.112. The van der Waals surface area contributed by atoms with Gasteiger partial charge in [0, 0.05) is 17.5 Å². The Morgan fingerprint density at radius 3 is 2.82 bits per heavy atom. The van der Waals surface area contributed by atoms with E-state index in [0.717, 1.165) is 50.0 Å². The third-order valence-corrected chi connectivity index (χ3v) is 5.83. The monoisotopic (exact) mass is 374 g/mol. The van der Waals surface area contributed by atoms with Crippen LogP contribution in [-0.4, -0.2) is 25.2 Å². The van der Waals surface area contributed by atoms with Gasteiger partial charge in [-0.05, 0) is 86.9 Å². The molecule has 1 saturated heterocycles. The summed E-state index contributed by atoms with van der Waals surface area (Å²) in [7, 11) is 0. The lowest BCUT2D eigenvalue weighted by Crippen LogP contribution is -2.26. The standard InChI is InChI=1S/C23H26N4O/c24-14-16-12-22(26-15-16)23(28)27-21-7-6-19(17-8-10-25-11-9-17)13-20(21)18-4-2-1-3-5-18/h4,6-7,12-13,15-17,25H,1-3,5,8-11H2,(H,27,28). The van der Waals surface area contributed by atoms with Gasteiger partial charge < -0.3 is 10.6 Å². The highest BCUT2D eigenvalue weighted by Gasteiger charge is 2.21. The fourth-order valence-corrected chi connectivity index (χ4v) is 4.24. The van der Waals surface area contributed by atoms with Crippen molar-refractivity contribution in [2.24, 2.45) is 10.9 Å². The van der Waals surface area contributed by atoms with Crippen LogP contribution in [0, 0.1) is 17.2 Å². The van der Waals surface area contributed by atoms with Crippen LogP contribution in [0.1, 0.15) is 55.6 Å². The first kappa shape index (κ1) is 18.6. The molecule has 0 radical (unpaired) electrons. The zero-order valence-corrected chi connectivity index (χ0v) is 16.1. The van der Waals surface area contributed by atoms with Gasteiger partial charge in [0.15, 0.2) is 0 Å². The summed E-state index contributed by atoms with van der Waals surface area (Å²) < 4.78 is 0. The molecule has 2 heterocycles. The van der Waals surface area contributed by atoms with Gasteiger partial charge in [-0.3, -0.25) is 9.79 Å². The fraction of sp³-hybridized carbons (Fsp3) is 0.435. The van der Waals surface area contributed by atoms with Gasteiger partial charge in [0.05, 0.1) is 6.07 Å². The SMILES string of the molecule is N#CC1C=NC(C(=O)Nc2ccc(C3CCNCC3)cc2C2=CCCCC2)=C1. The number of hydrogen-bond acceptors (Lipinski definition) is 4. The van der Waals surface area contributed by atoms with E-state index in [-0.39, 0.29) is 5.91 Å². The van der Waals surface area contributed by atoms with Gasteiger partial charge in [0.2, 0.25) is 0 Å². The van der Waals surface area contributed by atoms with Crippen LogP contribution in [0.15, 0.2) is 41.0 Å². The molecule has 1 amide bonds. The molecular weight excluding hydrogens is 348 g/mol. The van der Waals surface area contributed by atoms with Crippen LogP contribution in [-0.2, 0) is 4.79 Å². The largest absolute Gasteiger partial charge is 0.320 e. The highest BCUT2D eigenvalue weighted by Crippen LogP contribution is 2.36. The Hall–Kier alpha value is -2.71. The molecule has 4 rings (SSSR count). The van der Waals surface area contributed by atoms with Gasteiger partial charge >= 0.3 is 0 Å². The molecule has 2 aliphatic heterocycles. The molecule has 1 aromatic carbocycles. The second kappa shape index (κ2) is 8.53. The summed E-state index contributed by atoms with van der Waals surface area (Å²) in [4.78, 5) is 16.8. The number of nitrogens with zero attached hydrogens (tertiary/aromatic N) is 2. The lowest BCUT2D eigenvalue weighted by atomic mass is 9.86. The number of carbonyl (C=O) groups is 1. The van der Waals surface area contributed by atoms with Crippen LogP contribution in [0.2, 0.25) is 0 Å². The van der Waals surface area contributed by atoms with E-state index in [1.54, 1.807) is 6.08 Å². The minimum Gasteiger partial charge on any atom is -0.320 e. The van der Waals surface area contributed by atoms with Crippen molar-refractivity contribution in [3.8, 4) is 6.07 Å². The average Bonchev–Trinajstić information content (AvgIpc) is 3.25. The van der Waals surface area contributed by atoms with Crippen molar-refractivity contribution >= 4 is 23.4 Å². The van der Waals surface area contributed by atoms with Crippen molar-refractivity contribution in [1.82, 2.24) is 5.32 Å². The lowest BCUT2D eigenvalue weighted by Gasteiger charge is -2.25. The Labute approximate surface area is 166 Å². The van der Waals surface area contributed by atoms with E-state index in [9.17, 15) is 4.79 Å². The van der Waals surface area contributed by atoms with Gasteiger partial charge in [-0.2, -0.15) is 5.26 Å². The Morgan fingerprint density at radius 1 is 1.25 bits per heavy atom. The number of anilines is 1. The van der Waals surface area contributed by atoms with Crippen molar-refractivity contribution in [3.63, 3.8) is 0 Å². The van der Waals surface area contributed by atoms with Gasteiger partial charge in [-0.1, -0.05) is 12.1 Å². The van der Waals surface area contributed by atoms with E-state index >= 15 is 0 Å². The molecule has 1 aromatic rings. The van der Waals surface area contributed by atoms with Crippen LogP contribution in [0.25, 0.3) is 5.57 Å². The maximum Gasteiger partial charge on any atom is 0.273 e. The number of hydrogen-bond donors (Lipinski definition) is 2. The van der Waals surface area contributed by atoms with Gasteiger partial charge in [0.25, 0.3) is 5.91 Å². The number of carbonyl (C=O) groups excluding carboxylic acids is 1. The molecule has 1 atom stereocenters. The van der Waals surface area contributed by atoms with Gasteiger partial charge in [-0.15, -0.1) is 0 Å². The van der Waals surface area contributed by atoms with Crippen LogP contribution < -0.4 is 10.6 Å². The highest BCUT2D eigenvalue weighted by molar-refractivity contribution is 6.07. The van der Waals surface area contributed by atoms with E-state index in [1.165, 1.54) is 30.2 Å². The molecule has 1 fully saturated rings. The Bertz CT molecular complexity index is 884. The van der Waals surface area contributed by atoms with Crippen molar-refractivity contribution in [2.45, 2.75) is 44.4 Å². The maximum atomic E-state index is 12.7. The molecule has 3 aliphatic rings. The molecule has 5 heteroatoms. The smallest absolute Gasteiger partial charge is 0.273 e. The van der Waals surface area contributed by atoms with Crippen LogP contribution in [0.4, 0.5) is 5.69 Å². The Kier molecular flexibility index (Phi) is 5.68. The number of rotatable bonds is 4. The number of aliphatic imine (C=N–C) groups is 1. The van der Waals surface area contributed by atoms with Crippen molar-refractivity contribution in [2.75, 3.05) is 18.4 Å². The molecule has 144 valence electrons. The first-order valence-electron chi connectivity index (χ1n) is 10.3. The minimum atomic E-state index is -0.413. The highest BCUT2D eigenvalue weighted by atomic mass is 16.2. The zero-order valence-electron chi connectivity index (χ0n) is 16.1. The van der Waals surface area contributed by atoms with E-state index in [2.05, 4.69) is 39.9 Å². The molecular formula is C23H26N4O.